The van der Waals surface area contributed by atoms with Crippen LogP contribution < -0.4 is 0 Å². The monoisotopic (exact) mass is 435 g/mol. The van der Waals surface area contributed by atoms with Gasteiger partial charge in [-0.3, -0.25) is 15.1 Å². The molecule has 0 radical (unpaired) electrons. The van der Waals surface area contributed by atoms with Crippen LogP contribution in [0, 0.1) is 0 Å². The van der Waals surface area contributed by atoms with E-state index >= 15 is 0 Å². The van der Waals surface area contributed by atoms with Crippen LogP contribution in [-0.2, 0) is 6.54 Å². The van der Waals surface area contributed by atoms with Crippen molar-refractivity contribution in [2.75, 3.05) is 14.1 Å². The van der Waals surface area contributed by atoms with Crippen molar-refractivity contribution in [3.05, 3.63) is 73.3 Å². The van der Waals surface area contributed by atoms with Crippen molar-refractivity contribution >= 4 is 21.9 Å². The Morgan fingerprint density at radius 3 is 2.64 bits per heavy atom. The number of rotatable bonds is 5. The molecule has 0 bridgehead atoms. The summed E-state index contributed by atoms with van der Waals surface area (Å²) >= 11 is 0. The number of furan rings is 1. The van der Waals surface area contributed by atoms with E-state index in [0.717, 1.165) is 62.0 Å². The number of nitrogens with one attached hydrogen (secondary N) is 2. The SMILES string of the molecule is CN(C)Cc1cncc(-c2cnc3n[nH]c(-c4cc5c(-c6ccoc6)cncc5[nH]4)c3c2)c1. The number of pyridine rings is 3. The van der Waals surface area contributed by atoms with Crippen LogP contribution in [0.5, 0.6) is 0 Å². The zero-order valence-corrected chi connectivity index (χ0v) is 18.2. The van der Waals surface area contributed by atoms with E-state index < -0.39 is 0 Å². The van der Waals surface area contributed by atoms with Gasteiger partial charge in [-0.25, -0.2) is 4.98 Å². The second-order valence-electron chi connectivity index (χ2n) is 8.36. The highest BCUT2D eigenvalue weighted by Gasteiger charge is 2.15. The fourth-order valence-corrected chi connectivity index (χ4v) is 4.19. The molecule has 0 fully saturated rings. The van der Waals surface area contributed by atoms with Crippen LogP contribution in [-0.4, -0.2) is 49.1 Å². The average molecular weight is 435 g/mol. The summed E-state index contributed by atoms with van der Waals surface area (Å²) in [6.45, 7) is 0.829. The Bertz CT molecular complexity index is 1580. The predicted molar refractivity (Wildman–Crippen MR) is 127 cm³/mol. The number of H-pyrrole nitrogens is 2. The molecule has 33 heavy (non-hydrogen) atoms. The molecule has 0 spiro atoms. The molecule has 0 aromatic carbocycles. The maximum absolute atomic E-state index is 5.27. The largest absolute Gasteiger partial charge is 0.472 e. The molecule has 8 nitrogen and oxygen atoms in total. The third-order valence-corrected chi connectivity index (χ3v) is 5.68. The highest BCUT2D eigenvalue weighted by molar-refractivity contribution is 6.00. The summed E-state index contributed by atoms with van der Waals surface area (Å²) in [4.78, 5) is 19.0. The average Bonchev–Trinajstić information content (AvgIpc) is 3.57. The number of aromatic amines is 2. The van der Waals surface area contributed by atoms with E-state index in [1.807, 2.05) is 51.1 Å². The molecule has 6 aromatic heterocycles. The molecule has 6 heterocycles. The fourth-order valence-electron chi connectivity index (χ4n) is 4.19. The van der Waals surface area contributed by atoms with Gasteiger partial charge in [0.05, 0.1) is 35.6 Å². The van der Waals surface area contributed by atoms with E-state index in [9.17, 15) is 0 Å². The minimum absolute atomic E-state index is 0.665. The molecule has 0 aliphatic heterocycles. The van der Waals surface area contributed by atoms with Gasteiger partial charge in [0, 0.05) is 64.4 Å². The molecule has 0 atom stereocenters. The molecule has 0 saturated heterocycles. The van der Waals surface area contributed by atoms with Crippen LogP contribution in [0.1, 0.15) is 5.56 Å². The van der Waals surface area contributed by atoms with Crippen molar-refractivity contribution in [3.63, 3.8) is 0 Å². The highest BCUT2D eigenvalue weighted by atomic mass is 16.3. The van der Waals surface area contributed by atoms with Crippen LogP contribution >= 0.6 is 0 Å². The van der Waals surface area contributed by atoms with Crippen molar-refractivity contribution in [2.24, 2.45) is 0 Å². The van der Waals surface area contributed by atoms with Gasteiger partial charge in [-0.1, -0.05) is 0 Å². The molecule has 0 aliphatic rings. The predicted octanol–water partition coefficient (Wildman–Crippen LogP) is 4.88. The first-order valence-corrected chi connectivity index (χ1v) is 10.6. The molecular weight excluding hydrogens is 414 g/mol. The van der Waals surface area contributed by atoms with E-state index in [4.69, 9.17) is 4.42 Å². The third-order valence-electron chi connectivity index (χ3n) is 5.68. The van der Waals surface area contributed by atoms with Crippen LogP contribution in [0.25, 0.3) is 55.6 Å². The molecule has 0 saturated carbocycles. The molecule has 0 amide bonds. The number of nitrogens with zero attached hydrogens (tertiary/aromatic N) is 5. The van der Waals surface area contributed by atoms with Crippen molar-refractivity contribution in [1.29, 1.82) is 0 Å². The van der Waals surface area contributed by atoms with E-state index in [1.54, 1.807) is 12.5 Å². The number of fused-ring (bicyclic) bond motifs is 2. The molecule has 8 heteroatoms. The van der Waals surface area contributed by atoms with Crippen molar-refractivity contribution < 1.29 is 4.42 Å². The first-order chi connectivity index (χ1) is 16.2. The van der Waals surface area contributed by atoms with E-state index in [2.05, 4.69) is 53.2 Å². The van der Waals surface area contributed by atoms with Gasteiger partial charge in [0.2, 0.25) is 0 Å². The maximum Gasteiger partial charge on any atom is 0.181 e. The minimum Gasteiger partial charge on any atom is -0.472 e. The molecule has 0 aliphatic carbocycles. The molecular formula is C25H21N7O. The first-order valence-electron chi connectivity index (χ1n) is 10.6. The lowest BCUT2D eigenvalue weighted by Gasteiger charge is -2.10. The van der Waals surface area contributed by atoms with Gasteiger partial charge in [-0.2, -0.15) is 5.10 Å². The lowest BCUT2D eigenvalue weighted by atomic mass is 10.1. The summed E-state index contributed by atoms with van der Waals surface area (Å²) in [5.74, 6) is 0. The number of hydrogen-bond donors (Lipinski definition) is 2. The second-order valence-corrected chi connectivity index (χ2v) is 8.36. The zero-order valence-electron chi connectivity index (χ0n) is 18.2. The van der Waals surface area contributed by atoms with E-state index in [-0.39, 0.29) is 0 Å². The van der Waals surface area contributed by atoms with Gasteiger partial charge in [0.25, 0.3) is 0 Å². The Morgan fingerprint density at radius 1 is 0.909 bits per heavy atom. The Kier molecular flexibility index (Phi) is 4.51. The molecule has 2 N–H and O–H groups in total. The first kappa shape index (κ1) is 19.4. The van der Waals surface area contributed by atoms with Gasteiger partial charge in [0.15, 0.2) is 5.65 Å². The Hall–Kier alpha value is -4.30. The highest BCUT2D eigenvalue weighted by Crippen LogP contribution is 2.34. The van der Waals surface area contributed by atoms with Crippen LogP contribution in [0.4, 0.5) is 0 Å². The van der Waals surface area contributed by atoms with Crippen LogP contribution in [0.15, 0.2) is 72.2 Å². The molecule has 0 unspecified atom stereocenters. The van der Waals surface area contributed by atoms with Crippen molar-refractivity contribution in [1.82, 2.24) is 35.0 Å². The third kappa shape index (κ3) is 3.46. The van der Waals surface area contributed by atoms with Crippen molar-refractivity contribution in [3.8, 4) is 33.6 Å². The Morgan fingerprint density at radius 2 is 1.79 bits per heavy atom. The van der Waals surface area contributed by atoms with Gasteiger partial charge in [-0.15, -0.1) is 0 Å². The smallest absolute Gasteiger partial charge is 0.181 e. The fraction of sp³-hybridized carbons (Fsp3) is 0.120. The summed E-state index contributed by atoms with van der Waals surface area (Å²) in [5.41, 5.74) is 8.58. The standard InChI is InChI=1S/C25H21N7O/c1-32(2)13-15-5-17(9-26-8-15)18-6-20-24(30-31-25(20)28-10-18)22-7-19-21(16-3-4-33-14-16)11-27-12-23(19)29-22/h3-12,14,29H,13H2,1-2H3,(H,28,30,31). The van der Waals surface area contributed by atoms with E-state index in [1.165, 1.54) is 0 Å². The van der Waals surface area contributed by atoms with Crippen LogP contribution in [0.2, 0.25) is 0 Å². The lowest BCUT2D eigenvalue weighted by molar-refractivity contribution is 0.402. The Balaban J connectivity index is 1.45. The number of aromatic nitrogens is 6. The van der Waals surface area contributed by atoms with Gasteiger partial charge >= 0.3 is 0 Å². The maximum atomic E-state index is 5.27. The van der Waals surface area contributed by atoms with E-state index in [0.29, 0.717) is 5.65 Å². The molecule has 6 aromatic rings. The summed E-state index contributed by atoms with van der Waals surface area (Å²) < 4.78 is 5.27. The quantitative estimate of drug-likeness (QED) is 0.400. The molecule has 6 rings (SSSR count). The van der Waals surface area contributed by atoms with Gasteiger partial charge in [0.1, 0.15) is 0 Å². The topological polar surface area (TPSA) is 99.5 Å². The van der Waals surface area contributed by atoms with Crippen molar-refractivity contribution in [2.45, 2.75) is 6.54 Å². The van der Waals surface area contributed by atoms with Gasteiger partial charge in [-0.05, 0) is 43.9 Å². The van der Waals surface area contributed by atoms with Gasteiger partial charge < -0.3 is 14.3 Å². The second kappa shape index (κ2) is 7.68. The van der Waals surface area contributed by atoms with Crippen LogP contribution in [0.3, 0.4) is 0 Å². The summed E-state index contributed by atoms with van der Waals surface area (Å²) in [7, 11) is 4.09. The lowest BCUT2D eigenvalue weighted by Crippen LogP contribution is -2.10. The zero-order chi connectivity index (χ0) is 22.4. The minimum atomic E-state index is 0.665. The number of hydrogen-bond acceptors (Lipinski definition) is 6. The Labute approximate surface area is 189 Å². The molecule has 162 valence electrons. The summed E-state index contributed by atoms with van der Waals surface area (Å²) in [6.07, 6.45) is 12.7. The summed E-state index contributed by atoms with van der Waals surface area (Å²) in [5, 5.41) is 9.58. The summed E-state index contributed by atoms with van der Waals surface area (Å²) in [6, 6.07) is 8.31. The normalized spacial score (nSPS) is 11.7.